The van der Waals surface area contributed by atoms with Crippen LogP contribution in [0.15, 0.2) is 66.7 Å². The van der Waals surface area contributed by atoms with Crippen LogP contribution in [0.2, 0.25) is 5.02 Å². The van der Waals surface area contributed by atoms with E-state index in [1.165, 1.54) is 0 Å². The topological polar surface area (TPSA) is 87.7 Å². The number of aryl methyl sites for hydroxylation is 2. The minimum atomic E-state index is -0.979. The maximum absolute atomic E-state index is 14.9. The van der Waals surface area contributed by atoms with E-state index in [1.54, 1.807) is 31.7 Å². The molecule has 8 heteroatoms. The number of hydrogen-bond acceptors (Lipinski definition) is 4. The van der Waals surface area contributed by atoms with Gasteiger partial charge in [-0.05, 0) is 81.8 Å². The molecule has 3 rings (SSSR count). The van der Waals surface area contributed by atoms with E-state index in [4.69, 9.17) is 16.3 Å². The predicted molar refractivity (Wildman–Crippen MR) is 192 cm³/mol. The lowest BCUT2D eigenvalue weighted by atomic mass is 9.94. The largest absolute Gasteiger partial charge is 0.444 e. The number of halogens is 1. The van der Waals surface area contributed by atoms with Gasteiger partial charge in [-0.25, -0.2) is 4.79 Å². The van der Waals surface area contributed by atoms with Crippen LogP contribution in [0.4, 0.5) is 10.5 Å². The number of rotatable bonds is 15. The zero-order chi connectivity index (χ0) is 34.6. The second-order valence-electron chi connectivity index (χ2n) is 13.3. The maximum atomic E-state index is 14.9. The third-order valence-electron chi connectivity index (χ3n) is 8.28. The number of amides is 3. The summed E-state index contributed by atoms with van der Waals surface area (Å²) in [5.41, 5.74) is 4.10. The van der Waals surface area contributed by atoms with Gasteiger partial charge in [-0.15, -0.1) is 0 Å². The van der Waals surface area contributed by atoms with Crippen LogP contribution in [0.1, 0.15) is 100 Å². The van der Waals surface area contributed by atoms with Crippen molar-refractivity contribution in [1.29, 1.82) is 0 Å². The van der Waals surface area contributed by atoms with E-state index in [2.05, 4.69) is 17.6 Å². The van der Waals surface area contributed by atoms with Crippen molar-refractivity contribution in [2.45, 2.75) is 111 Å². The molecule has 0 fully saturated rings. The average Bonchev–Trinajstić information content (AvgIpc) is 3.01. The molecule has 0 heterocycles. The van der Waals surface area contributed by atoms with Crippen molar-refractivity contribution in [2.75, 3.05) is 11.9 Å². The summed E-state index contributed by atoms with van der Waals surface area (Å²) in [5.74, 6) is -0.727. The number of anilines is 1. The van der Waals surface area contributed by atoms with Gasteiger partial charge < -0.3 is 20.3 Å². The monoisotopic (exact) mass is 661 g/mol. The minimum absolute atomic E-state index is 0.233. The van der Waals surface area contributed by atoms with E-state index in [1.807, 2.05) is 81.4 Å². The Bertz CT molecular complexity index is 1470. The molecule has 2 unspecified atom stereocenters. The maximum Gasteiger partial charge on any atom is 0.408 e. The number of nitrogens with zero attached hydrogens (tertiary/aromatic N) is 1. The molecule has 0 saturated carbocycles. The highest BCUT2D eigenvalue weighted by Crippen LogP contribution is 2.32. The predicted octanol–water partition coefficient (Wildman–Crippen LogP) is 9.27. The van der Waals surface area contributed by atoms with Gasteiger partial charge in [-0.2, -0.15) is 0 Å². The van der Waals surface area contributed by atoms with Crippen molar-refractivity contribution in [3.05, 3.63) is 99.6 Å². The second-order valence-corrected chi connectivity index (χ2v) is 13.7. The molecule has 0 aliphatic rings. The molecular formula is C39H52ClN3O4. The molecule has 2 N–H and O–H groups in total. The molecule has 0 aromatic heterocycles. The molecule has 254 valence electrons. The van der Waals surface area contributed by atoms with E-state index in [-0.39, 0.29) is 18.2 Å². The molecule has 0 spiro atoms. The molecule has 0 bridgehead atoms. The minimum Gasteiger partial charge on any atom is -0.444 e. The van der Waals surface area contributed by atoms with Crippen LogP contribution in [0, 0.1) is 20.8 Å². The van der Waals surface area contributed by atoms with Gasteiger partial charge in [0.1, 0.15) is 17.7 Å². The number of unbranched alkanes of at least 4 members (excludes halogenated alkanes) is 5. The van der Waals surface area contributed by atoms with Gasteiger partial charge in [0, 0.05) is 13.0 Å². The van der Waals surface area contributed by atoms with Gasteiger partial charge in [0.2, 0.25) is 5.91 Å². The number of hydrogen-bond donors (Lipinski definition) is 2. The SMILES string of the molecule is CCCCCCCCN(C(=O)C(Cc1ccccc1)NC(=O)OC(C)(C)C)C(C(=O)Nc1c(C)cccc1Cl)c1cccc(C)c1C. The summed E-state index contributed by atoms with van der Waals surface area (Å²) in [6, 6.07) is 18.8. The third kappa shape index (κ3) is 11.4. The molecule has 3 amide bonds. The van der Waals surface area contributed by atoms with Crippen molar-refractivity contribution >= 4 is 35.2 Å². The van der Waals surface area contributed by atoms with Gasteiger partial charge in [0.05, 0.1) is 10.7 Å². The van der Waals surface area contributed by atoms with Crippen molar-refractivity contribution in [3.8, 4) is 0 Å². The second kappa shape index (κ2) is 17.9. The zero-order valence-electron chi connectivity index (χ0n) is 29.1. The fraction of sp³-hybridized carbons (Fsp3) is 0.462. The summed E-state index contributed by atoms with van der Waals surface area (Å²) in [5, 5.41) is 6.33. The van der Waals surface area contributed by atoms with Crippen LogP contribution in [-0.4, -0.2) is 41.0 Å². The van der Waals surface area contributed by atoms with E-state index in [0.29, 0.717) is 23.7 Å². The molecule has 0 saturated heterocycles. The Morgan fingerprint density at radius 2 is 1.47 bits per heavy atom. The van der Waals surface area contributed by atoms with Crippen LogP contribution < -0.4 is 10.6 Å². The Labute approximate surface area is 286 Å². The number of carbonyl (C=O) groups excluding carboxylic acids is 3. The van der Waals surface area contributed by atoms with E-state index in [9.17, 15) is 14.4 Å². The number of benzene rings is 3. The van der Waals surface area contributed by atoms with Crippen LogP contribution in [0.3, 0.4) is 0 Å². The molecule has 47 heavy (non-hydrogen) atoms. The summed E-state index contributed by atoms with van der Waals surface area (Å²) in [4.78, 5) is 44.2. The van der Waals surface area contributed by atoms with Crippen molar-refractivity contribution in [2.24, 2.45) is 0 Å². The molecule has 0 aliphatic heterocycles. The number of carbonyl (C=O) groups is 3. The highest BCUT2D eigenvalue weighted by molar-refractivity contribution is 6.34. The standard InChI is InChI=1S/C39H52ClN3O4/c1-8-9-10-11-12-16-25-43(37(45)33(26-30-21-14-13-15-22-30)41-38(46)47-39(5,6)7)35(31-23-17-19-27(2)29(31)4)36(44)42-34-28(3)20-18-24-32(34)40/h13-15,17-24,33,35H,8-12,16,25-26H2,1-7H3,(H,41,46)(H,42,44). The molecule has 3 aromatic rings. The lowest BCUT2D eigenvalue weighted by Gasteiger charge is -2.35. The highest BCUT2D eigenvalue weighted by Gasteiger charge is 2.37. The van der Waals surface area contributed by atoms with Gasteiger partial charge in [-0.3, -0.25) is 9.59 Å². The quantitative estimate of drug-likeness (QED) is 0.159. The number of nitrogens with one attached hydrogen (secondary N) is 2. The summed E-state index contributed by atoms with van der Waals surface area (Å²) in [6.07, 6.45) is 5.62. The Balaban J connectivity index is 2.12. The molecule has 3 aromatic carbocycles. The average molecular weight is 662 g/mol. The first-order valence-electron chi connectivity index (χ1n) is 16.8. The summed E-state index contributed by atoms with van der Waals surface area (Å²) < 4.78 is 5.59. The Morgan fingerprint density at radius 1 is 0.830 bits per heavy atom. The van der Waals surface area contributed by atoms with E-state index < -0.39 is 23.8 Å². The molecular weight excluding hydrogens is 610 g/mol. The van der Waals surface area contributed by atoms with Crippen LogP contribution in [0.25, 0.3) is 0 Å². The molecule has 0 aliphatic carbocycles. The number of ether oxygens (including phenoxy) is 1. The number of alkyl carbamates (subject to hydrolysis) is 1. The first-order valence-corrected chi connectivity index (χ1v) is 17.2. The van der Waals surface area contributed by atoms with Gasteiger partial charge in [-0.1, -0.05) is 111 Å². The molecule has 2 atom stereocenters. The Hall–Kier alpha value is -3.84. The van der Waals surface area contributed by atoms with Gasteiger partial charge in [0.15, 0.2) is 0 Å². The summed E-state index contributed by atoms with van der Waals surface area (Å²) >= 11 is 6.56. The van der Waals surface area contributed by atoms with Crippen LogP contribution >= 0.6 is 11.6 Å². The Kier molecular flexibility index (Phi) is 14.3. The van der Waals surface area contributed by atoms with E-state index in [0.717, 1.165) is 59.9 Å². The summed E-state index contributed by atoms with van der Waals surface area (Å²) in [6.45, 7) is 13.7. The van der Waals surface area contributed by atoms with Crippen molar-refractivity contribution in [3.63, 3.8) is 0 Å². The smallest absolute Gasteiger partial charge is 0.408 e. The fourth-order valence-corrected chi connectivity index (χ4v) is 5.90. The summed E-state index contributed by atoms with van der Waals surface area (Å²) in [7, 11) is 0. The lowest BCUT2D eigenvalue weighted by molar-refractivity contribution is -0.140. The first kappa shape index (κ1) is 37.6. The Morgan fingerprint density at radius 3 is 2.13 bits per heavy atom. The van der Waals surface area contributed by atoms with E-state index >= 15 is 0 Å². The first-order chi connectivity index (χ1) is 22.3. The van der Waals surface area contributed by atoms with Crippen LogP contribution in [-0.2, 0) is 20.7 Å². The lowest BCUT2D eigenvalue weighted by Crippen LogP contribution is -2.53. The van der Waals surface area contributed by atoms with Gasteiger partial charge in [0.25, 0.3) is 5.91 Å². The highest BCUT2D eigenvalue weighted by atomic mass is 35.5. The fourth-order valence-electron chi connectivity index (χ4n) is 5.63. The zero-order valence-corrected chi connectivity index (χ0v) is 29.9. The van der Waals surface area contributed by atoms with Crippen LogP contribution in [0.5, 0.6) is 0 Å². The van der Waals surface area contributed by atoms with Crippen molar-refractivity contribution < 1.29 is 19.1 Å². The third-order valence-corrected chi connectivity index (χ3v) is 8.59. The van der Waals surface area contributed by atoms with Gasteiger partial charge >= 0.3 is 6.09 Å². The normalized spacial score (nSPS) is 12.6. The number of para-hydroxylation sites is 1. The molecule has 0 radical (unpaired) electrons. The molecule has 7 nitrogen and oxygen atoms in total. The van der Waals surface area contributed by atoms with Crippen molar-refractivity contribution in [1.82, 2.24) is 10.2 Å².